The van der Waals surface area contributed by atoms with Gasteiger partial charge in [-0.1, -0.05) is 274 Å². The Bertz CT molecular complexity index is 1000. The van der Waals surface area contributed by atoms with Crippen LogP contribution in [-0.4, -0.2) is 34.9 Å². The lowest BCUT2D eigenvalue weighted by atomic mass is 10.0. The molecule has 0 aliphatic rings. The molecule has 0 saturated heterocycles. The highest BCUT2D eigenvalue weighted by Gasteiger charge is 2.18. The number of carbonyl (C=O) groups excluding carboxylic acids is 1. The minimum Gasteiger partial charge on any atom is -0.394 e. The summed E-state index contributed by atoms with van der Waals surface area (Å²) in [6, 6.07) is -0.647. The first-order valence-electron chi connectivity index (χ1n) is 28.4. The van der Waals surface area contributed by atoms with Crippen LogP contribution in [0.1, 0.15) is 303 Å². The van der Waals surface area contributed by atoms with Crippen LogP contribution in [0.3, 0.4) is 0 Å². The number of unbranched alkanes of at least 4 members (excludes halogenated alkanes) is 39. The van der Waals surface area contributed by atoms with Gasteiger partial charge in [0.15, 0.2) is 0 Å². The highest BCUT2D eigenvalue weighted by atomic mass is 16.3. The van der Waals surface area contributed by atoms with E-state index in [9.17, 15) is 15.0 Å². The minimum absolute atomic E-state index is 0.0758. The number of hydrogen-bond acceptors (Lipinski definition) is 3. The number of allylic oxidation sites excluding steroid dienone is 7. The van der Waals surface area contributed by atoms with E-state index in [0.717, 1.165) is 38.5 Å². The van der Waals surface area contributed by atoms with Crippen molar-refractivity contribution in [3.8, 4) is 0 Å². The first-order chi connectivity index (χ1) is 31.2. The number of aliphatic hydroxyl groups excluding tert-OH is 2. The molecule has 63 heavy (non-hydrogen) atoms. The van der Waals surface area contributed by atoms with Crippen LogP contribution in [0.25, 0.3) is 0 Å². The number of hydrogen-bond donors (Lipinski definition) is 3. The van der Waals surface area contributed by atoms with Crippen molar-refractivity contribution in [2.45, 2.75) is 315 Å². The zero-order valence-electron chi connectivity index (χ0n) is 42.6. The number of nitrogens with one attached hydrogen (secondary N) is 1. The van der Waals surface area contributed by atoms with Gasteiger partial charge in [0, 0.05) is 6.42 Å². The molecule has 0 saturated carbocycles. The van der Waals surface area contributed by atoms with Gasteiger partial charge < -0.3 is 15.5 Å². The molecule has 0 radical (unpaired) electrons. The molecule has 0 bridgehead atoms. The molecular weight excluding hydrogens is 771 g/mol. The summed E-state index contributed by atoms with van der Waals surface area (Å²) in [5.41, 5.74) is 0. The lowest BCUT2D eigenvalue weighted by molar-refractivity contribution is -0.123. The van der Waals surface area contributed by atoms with Gasteiger partial charge in [-0.15, -0.1) is 0 Å². The third-order valence-corrected chi connectivity index (χ3v) is 13.0. The molecule has 2 atom stereocenters. The van der Waals surface area contributed by atoms with Crippen LogP contribution in [-0.2, 0) is 4.79 Å². The first-order valence-corrected chi connectivity index (χ1v) is 28.4. The van der Waals surface area contributed by atoms with Crippen molar-refractivity contribution in [3.05, 3.63) is 48.6 Å². The summed E-state index contributed by atoms with van der Waals surface area (Å²) in [6.07, 6.45) is 75.6. The van der Waals surface area contributed by atoms with Crippen molar-refractivity contribution >= 4 is 5.91 Å². The second-order valence-electron chi connectivity index (χ2n) is 19.3. The quantitative estimate of drug-likeness (QED) is 0.0421. The van der Waals surface area contributed by atoms with Crippen molar-refractivity contribution in [1.29, 1.82) is 0 Å². The Morgan fingerprint density at radius 1 is 0.365 bits per heavy atom. The molecule has 370 valence electrons. The van der Waals surface area contributed by atoms with E-state index in [-0.39, 0.29) is 12.5 Å². The Balaban J connectivity index is 3.55. The lowest BCUT2D eigenvalue weighted by Crippen LogP contribution is -2.45. The first kappa shape index (κ1) is 61.4. The third kappa shape index (κ3) is 51.2. The van der Waals surface area contributed by atoms with Gasteiger partial charge in [0.05, 0.1) is 18.8 Å². The standard InChI is InChI=1S/C59H111NO3/c1-3-5-7-9-11-13-15-17-19-21-23-25-27-29-30-31-33-35-37-39-41-43-45-47-49-51-53-55-59(63)60-57(56-61)58(62)54-52-50-48-46-44-42-40-38-36-34-32-28-26-24-22-20-18-16-14-12-10-8-6-4-2/h29-30,36,38,44,46,52,54,57-58,61-62H,3-28,31-35,37,39-43,45,47-51,53,55-56H2,1-2H3,(H,60,63)/b30-29-,38-36+,46-44+,54-52+. The molecule has 0 aliphatic carbocycles. The molecule has 2 unspecified atom stereocenters. The van der Waals surface area contributed by atoms with E-state index in [4.69, 9.17) is 0 Å². The molecule has 1 amide bonds. The largest absolute Gasteiger partial charge is 0.394 e. The van der Waals surface area contributed by atoms with Crippen LogP contribution in [0.2, 0.25) is 0 Å². The van der Waals surface area contributed by atoms with Gasteiger partial charge in [-0.3, -0.25) is 4.79 Å². The maximum absolute atomic E-state index is 12.5. The second kappa shape index (κ2) is 54.7. The summed E-state index contributed by atoms with van der Waals surface area (Å²) in [7, 11) is 0. The highest BCUT2D eigenvalue weighted by Crippen LogP contribution is 2.16. The second-order valence-corrected chi connectivity index (χ2v) is 19.3. The summed E-state index contributed by atoms with van der Waals surface area (Å²) in [6.45, 7) is 4.32. The summed E-state index contributed by atoms with van der Waals surface area (Å²) in [5, 5.41) is 23.1. The van der Waals surface area contributed by atoms with E-state index in [2.05, 4.69) is 55.6 Å². The van der Waals surface area contributed by atoms with Gasteiger partial charge in [-0.2, -0.15) is 0 Å². The molecule has 0 aromatic rings. The van der Waals surface area contributed by atoms with Crippen LogP contribution in [0.4, 0.5) is 0 Å². The van der Waals surface area contributed by atoms with Crippen LogP contribution in [0.15, 0.2) is 48.6 Å². The Labute approximate surface area is 394 Å². The number of amides is 1. The molecule has 0 spiro atoms. The summed E-state index contributed by atoms with van der Waals surface area (Å²) in [5.74, 6) is -0.0758. The van der Waals surface area contributed by atoms with E-state index in [1.54, 1.807) is 6.08 Å². The Morgan fingerprint density at radius 2 is 0.619 bits per heavy atom. The molecule has 3 N–H and O–H groups in total. The van der Waals surface area contributed by atoms with Gasteiger partial charge in [-0.05, 0) is 70.6 Å². The smallest absolute Gasteiger partial charge is 0.220 e. The average molecular weight is 883 g/mol. The van der Waals surface area contributed by atoms with Crippen LogP contribution < -0.4 is 5.32 Å². The van der Waals surface area contributed by atoms with Gasteiger partial charge >= 0.3 is 0 Å². The van der Waals surface area contributed by atoms with E-state index in [0.29, 0.717) is 6.42 Å². The van der Waals surface area contributed by atoms with Crippen molar-refractivity contribution in [2.24, 2.45) is 0 Å². The normalized spacial score (nSPS) is 13.1. The fourth-order valence-electron chi connectivity index (χ4n) is 8.68. The average Bonchev–Trinajstić information content (AvgIpc) is 3.29. The molecule has 4 nitrogen and oxygen atoms in total. The summed E-state index contributed by atoms with van der Waals surface area (Å²) in [4.78, 5) is 12.5. The van der Waals surface area contributed by atoms with Gasteiger partial charge in [-0.25, -0.2) is 0 Å². The number of rotatable bonds is 52. The van der Waals surface area contributed by atoms with Crippen molar-refractivity contribution in [1.82, 2.24) is 5.32 Å². The van der Waals surface area contributed by atoms with Crippen LogP contribution in [0.5, 0.6) is 0 Å². The fraction of sp³-hybridized carbons (Fsp3) is 0.847. The van der Waals surface area contributed by atoms with E-state index in [1.165, 1.54) is 244 Å². The minimum atomic E-state index is -0.872. The predicted octanol–water partition coefficient (Wildman–Crippen LogP) is 18.6. The van der Waals surface area contributed by atoms with Gasteiger partial charge in [0.1, 0.15) is 0 Å². The third-order valence-electron chi connectivity index (χ3n) is 13.0. The number of aliphatic hydroxyl groups is 2. The van der Waals surface area contributed by atoms with Gasteiger partial charge in [0.25, 0.3) is 0 Å². The molecular formula is C59H111NO3. The lowest BCUT2D eigenvalue weighted by Gasteiger charge is -2.19. The Kier molecular flexibility index (Phi) is 53.3. The molecule has 0 heterocycles. The number of carbonyl (C=O) groups is 1. The van der Waals surface area contributed by atoms with E-state index < -0.39 is 12.1 Å². The maximum Gasteiger partial charge on any atom is 0.220 e. The SMILES string of the molecule is CCCCCCCCCCCCCC/C=C\CCCCCCCCCCCCCC(=O)NC(CO)C(O)/C=C/CC/C=C/CC/C=C/CCCCCCCCCCCCCCCC. The molecule has 0 fully saturated rings. The van der Waals surface area contributed by atoms with Crippen LogP contribution in [0, 0.1) is 0 Å². The topological polar surface area (TPSA) is 69.6 Å². The monoisotopic (exact) mass is 882 g/mol. The van der Waals surface area contributed by atoms with Crippen molar-refractivity contribution in [2.75, 3.05) is 6.61 Å². The molecule has 0 aromatic heterocycles. The van der Waals surface area contributed by atoms with Crippen molar-refractivity contribution in [3.63, 3.8) is 0 Å². The fourth-order valence-corrected chi connectivity index (χ4v) is 8.68. The summed E-state index contributed by atoms with van der Waals surface area (Å²) >= 11 is 0. The van der Waals surface area contributed by atoms with E-state index >= 15 is 0 Å². The molecule has 4 heteroatoms. The summed E-state index contributed by atoms with van der Waals surface area (Å²) < 4.78 is 0. The van der Waals surface area contributed by atoms with Crippen molar-refractivity contribution < 1.29 is 15.0 Å². The maximum atomic E-state index is 12.5. The molecule has 0 rings (SSSR count). The zero-order valence-corrected chi connectivity index (χ0v) is 42.6. The molecule has 0 aromatic carbocycles. The highest BCUT2D eigenvalue weighted by molar-refractivity contribution is 5.76. The van der Waals surface area contributed by atoms with Crippen LogP contribution >= 0.6 is 0 Å². The zero-order chi connectivity index (χ0) is 45.6. The van der Waals surface area contributed by atoms with E-state index in [1.807, 2.05) is 6.08 Å². The van der Waals surface area contributed by atoms with Gasteiger partial charge in [0.2, 0.25) is 5.91 Å². The Hall–Kier alpha value is -1.65. The molecule has 0 aliphatic heterocycles. The predicted molar refractivity (Wildman–Crippen MR) is 281 cm³/mol. The Morgan fingerprint density at radius 3 is 0.921 bits per heavy atom.